The van der Waals surface area contributed by atoms with E-state index in [1.807, 2.05) is 6.07 Å². The lowest BCUT2D eigenvalue weighted by Crippen LogP contribution is -2.19. The molecule has 4 heteroatoms. The summed E-state index contributed by atoms with van der Waals surface area (Å²) in [5, 5.41) is 3.53. The van der Waals surface area contributed by atoms with Gasteiger partial charge < -0.3 is 5.32 Å². The summed E-state index contributed by atoms with van der Waals surface area (Å²) in [6.07, 6.45) is 2.29. The Bertz CT molecular complexity index is 1170. The Morgan fingerprint density at radius 3 is 2.59 bits per heavy atom. The summed E-state index contributed by atoms with van der Waals surface area (Å²) in [6, 6.07) is 25.5. The van der Waals surface area contributed by atoms with Crippen molar-refractivity contribution < 1.29 is 0 Å². The highest BCUT2D eigenvalue weighted by atomic mass is 79.9. The SMILES string of the molecule is Cc1cccc([C@H]2C=C(c3ccc(Br)cc3)Nc3nc4ccccc4n32)c1. The lowest BCUT2D eigenvalue weighted by Gasteiger charge is -2.27. The number of imidazole rings is 1. The molecule has 0 unspecified atom stereocenters. The van der Waals surface area contributed by atoms with Gasteiger partial charge in [0, 0.05) is 10.2 Å². The Balaban J connectivity index is 1.72. The number of hydrogen-bond acceptors (Lipinski definition) is 2. The molecule has 1 atom stereocenters. The molecule has 5 rings (SSSR count). The summed E-state index contributed by atoms with van der Waals surface area (Å²) in [5.74, 6) is 0.878. The van der Waals surface area contributed by atoms with Gasteiger partial charge in [-0.15, -0.1) is 0 Å². The van der Waals surface area contributed by atoms with E-state index in [-0.39, 0.29) is 6.04 Å². The average Bonchev–Trinajstić information content (AvgIpc) is 3.06. The predicted octanol–water partition coefficient (Wildman–Crippen LogP) is 6.16. The molecule has 132 valence electrons. The molecule has 27 heavy (non-hydrogen) atoms. The minimum atomic E-state index is 0.0900. The summed E-state index contributed by atoms with van der Waals surface area (Å²) in [7, 11) is 0. The maximum atomic E-state index is 4.85. The van der Waals surface area contributed by atoms with Crippen LogP contribution in [0.15, 0.2) is 83.3 Å². The number of allylic oxidation sites excluding steroid dienone is 1. The zero-order chi connectivity index (χ0) is 18.4. The molecule has 1 N–H and O–H groups in total. The highest BCUT2D eigenvalue weighted by molar-refractivity contribution is 9.10. The Labute approximate surface area is 166 Å². The van der Waals surface area contributed by atoms with Gasteiger partial charge in [0.05, 0.1) is 17.1 Å². The molecule has 0 spiro atoms. The first kappa shape index (κ1) is 16.3. The third kappa shape index (κ3) is 2.86. The molecule has 2 heterocycles. The standard InChI is InChI=1S/C23H18BrN3/c1-15-5-4-6-17(13-15)22-14-20(16-9-11-18(24)12-10-16)26-23-25-19-7-2-3-8-21(19)27(22)23/h2-14,22H,1H3,(H,25,26)/t22-/m1/s1. The van der Waals surface area contributed by atoms with E-state index < -0.39 is 0 Å². The van der Waals surface area contributed by atoms with Gasteiger partial charge in [0.25, 0.3) is 0 Å². The van der Waals surface area contributed by atoms with Crippen LogP contribution in [0.25, 0.3) is 16.7 Å². The lowest BCUT2D eigenvalue weighted by atomic mass is 9.99. The first-order valence-corrected chi connectivity index (χ1v) is 9.77. The third-order valence-electron chi connectivity index (χ3n) is 4.98. The number of aryl methyl sites for hydroxylation is 1. The van der Waals surface area contributed by atoms with E-state index in [0.717, 1.165) is 32.7 Å². The predicted molar refractivity (Wildman–Crippen MR) is 115 cm³/mol. The van der Waals surface area contributed by atoms with E-state index >= 15 is 0 Å². The molecule has 0 bridgehead atoms. The minimum Gasteiger partial charge on any atom is -0.325 e. The van der Waals surface area contributed by atoms with Crippen molar-refractivity contribution in [2.24, 2.45) is 0 Å². The molecule has 3 nitrogen and oxygen atoms in total. The maximum Gasteiger partial charge on any atom is 0.209 e. The molecule has 0 amide bonds. The summed E-state index contributed by atoms with van der Waals surface area (Å²) in [4.78, 5) is 4.85. The van der Waals surface area contributed by atoms with Gasteiger partial charge in [-0.1, -0.05) is 70.0 Å². The fraction of sp³-hybridized carbons (Fsp3) is 0.0870. The highest BCUT2D eigenvalue weighted by Gasteiger charge is 2.25. The topological polar surface area (TPSA) is 29.9 Å². The number of rotatable bonds is 2. The number of halogens is 1. The fourth-order valence-electron chi connectivity index (χ4n) is 3.71. The van der Waals surface area contributed by atoms with Crippen LogP contribution in [-0.4, -0.2) is 9.55 Å². The van der Waals surface area contributed by atoms with Crippen molar-refractivity contribution >= 4 is 38.6 Å². The molecule has 0 saturated carbocycles. The van der Waals surface area contributed by atoms with Crippen molar-refractivity contribution in [2.45, 2.75) is 13.0 Å². The van der Waals surface area contributed by atoms with E-state index in [9.17, 15) is 0 Å². The molecule has 0 aliphatic carbocycles. The van der Waals surface area contributed by atoms with E-state index in [1.54, 1.807) is 0 Å². The number of benzene rings is 3. The van der Waals surface area contributed by atoms with Gasteiger partial charge in [-0.2, -0.15) is 0 Å². The first-order valence-electron chi connectivity index (χ1n) is 8.97. The van der Waals surface area contributed by atoms with Crippen LogP contribution in [0, 0.1) is 6.92 Å². The molecule has 3 aromatic carbocycles. The Morgan fingerprint density at radius 2 is 1.78 bits per heavy atom. The van der Waals surface area contributed by atoms with Crippen LogP contribution in [0.2, 0.25) is 0 Å². The number of hydrogen-bond donors (Lipinski definition) is 1. The second-order valence-electron chi connectivity index (χ2n) is 6.87. The van der Waals surface area contributed by atoms with Gasteiger partial charge in [0.2, 0.25) is 5.95 Å². The largest absolute Gasteiger partial charge is 0.325 e. The maximum absolute atomic E-state index is 4.85. The normalized spacial score (nSPS) is 15.9. The van der Waals surface area contributed by atoms with Gasteiger partial charge >= 0.3 is 0 Å². The van der Waals surface area contributed by atoms with Crippen molar-refractivity contribution in [1.29, 1.82) is 0 Å². The molecule has 0 radical (unpaired) electrons. The van der Waals surface area contributed by atoms with Crippen LogP contribution in [-0.2, 0) is 0 Å². The first-order chi connectivity index (χ1) is 13.2. The van der Waals surface area contributed by atoms with Crippen LogP contribution in [0.4, 0.5) is 5.95 Å². The lowest BCUT2D eigenvalue weighted by molar-refractivity contribution is 0.720. The minimum absolute atomic E-state index is 0.0900. The van der Waals surface area contributed by atoms with Crippen molar-refractivity contribution in [3.05, 3.63) is 100 Å². The van der Waals surface area contributed by atoms with Crippen LogP contribution >= 0.6 is 15.9 Å². The number of para-hydroxylation sites is 2. The van der Waals surface area contributed by atoms with Crippen molar-refractivity contribution in [3.63, 3.8) is 0 Å². The number of nitrogens with zero attached hydrogens (tertiary/aromatic N) is 2. The van der Waals surface area contributed by atoms with Gasteiger partial charge in [0.1, 0.15) is 0 Å². The average molecular weight is 416 g/mol. The van der Waals surface area contributed by atoms with E-state index in [2.05, 4.69) is 106 Å². The summed E-state index contributed by atoms with van der Waals surface area (Å²) < 4.78 is 3.36. The molecule has 0 saturated heterocycles. The van der Waals surface area contributed by atoms with Gasteiger partial charge in [0.15, 0.2) is 0 Å². The molecule has 1 aromatic heterocycles. The second kappa shape index (κ2) is 6.39. The van der Waals surface area contributed by atoms with Gasteiger partial charge in [-0.3, -0.25) is 4.57 Å². The fourth-order valence-corrected chi connectivity index (χ4v) is 3.97. The Hall–Kier alpha value is -2.85. The van der Waals surface area contributed by atoms with Crippen LogP contribution in [0.3, 0.4) is 0 Å². The summed E-state index contributed by atoms with van der Waals surface area (Å²) in [5.41, 5.74) is 6.89. The van der Waals surface area contributed by atoms with Gasteiger partial charge in [-0.25, -0.2) is 4.98 Å². The molecular formula is C23H18BrN3. The second-order valence-corrected chi connectivity index (χ2v) is 7.78. The molecule has 1 aliphatic heterocycles. The third-order valence-corrected chi connectivity index (χ3v) is 5.51. The summed E-state index contributed by atoms with van der Waals surface area (Å²) >= 11 is 3.52. The quantitative estimate of drug-likeness (QED) is 0.424. The van der Waals surface area contributed by atoms with E-state index in [0.29, 0.717) is 0 Å². The monoisotopic (exact) mass is 415 g/mol. The zero-order valence-corrected chi connectivity index (χ0v) is 16.4. The number of anilines is 1. The smallest absolute Gasteiger partial charge is 0.209 e. The van der Waals surface area contributed by atoms with Crippen LogP contribution in [0.1, 0.15) is 22.7 Å². The van der Waals surface area contributed by atoms with Crippen molar-refractivity contribution in [3.8, 4) is 0 Å². The van der Waals surface area contributed by atoms with E-state index in [4.69, 9.17) is 4.98 Å². The van der Waals surface area contributed by atoms with Crippen LogP contribution < -0.4 is 5.32 Å². The molecule has 1 aliphatic rings. The molecule has 0 fully saturated rings. The summed E-state index contributed by atoms with van der Waals surface area (Å²) in [6.45, 7) is 2.14. The highest BCUT2D eigenvalue weighted by Crippen LogP contribution is 2.37. The zero-order valence-electron chi connectivity index (χ0n) is 14.9. The van der Waals surface area contributed by atoms with Crippen molar-refractivity contribution in [2.75, 3.05) is 5.32 Å². The van der Waals surface area contributed by atoms with E-state index in [1.165, 1.54) is 11.1 Å². The Kier molecular flexibility index (Phi) is 3.87. The number of aromatic nitrogens is 2. The number of nitrogens with one attached hydrogen (secondary N) is 1. The molecule has 4 aromatic rings. The van der Waals surface area contributed by atoms with Crippen LogP contribution in [0.5, 0.6) is 0 Å². The van der Waals surface area contributed by atoms with Crippen molar-refractivity contribution in [1.82, 2.24) is 9.55 Å². The molecular weight excluding hydrogens is 398 g/mol. The van der Waals surface area contributed by atoms with Gasteiger partial charge in [-0.05, 0) is 48.4 Å². The Morgan fingerprint density at radius 1 is 0.963 bits per heavy atom. The number of fused-ring (bicyclic) bond motifs is 3.